The number of nitrogens with two attached hydrogens (primary N) is 1. The highest BCUT2D eigenvalue weighted by atomic mass is 16.3. The predicted octanol–water partition coefficient (Wildman–Crippen LogP) is 2.84. The Morgan fingerprint density at radius 3 is 2.76 bits per heavy atom. The largest absolute Gasteiger partial charge is 0.448 e. The van der Waals surface area contributed by atoms with Gasteiger partial charge in [0.25, 0.3) is 5.91 Å². The molecule has 33 heavy (non-hydrogen) atoms. The molecule has 1 aliphatic carbocycles. The molecule has 5 rings (SSSR count). The molecule has 11 heteroatoms. The minimum atomic E-state index is -0.583. The second-order valence-electron chi connectivity index (χ2n) is 8.23. The zero-order valence-electron chi connectivity index (χ0n) is 18.5. The summed E-state index contributed by atoms with van der Waals surface area (Å²) in [6, 6.07) is 0.156. The number of carbonyl (C=O) groups is 1. The Morgan fingerprint density at radius 2 is 2.03 bits per heavy atom. The maximum Gasteiger partial charge on any atom is 0.270 e. The molecule has 4 aromatic heterocycles. The van der Waals surface area contributed by atoms with Crippen molar-refractivity contribution in [2.75, 3.05) is 5.32 Å². The lowest BCUT2D eigenvalue weighted by atomic mass is 9.85. The Bertz CT molecular complexity index is 1300. The number of aromatic nitrogens is 7. The van der Waals surface area contributed by atoms with Gasteiger partial charge in [-0.2, -0.15) is 0 Å². The first-order valence-electron chi connectivity index (χ1n) is 11.1. The van der Waals surface area contributed by atoms with Crippen LogP contribution in [0, 0.1) is 6.92 Å². The minimum Gasteiger partial charge on any atom is -0.448 e. The van der Waals surface area contributed by atoms with Crippen LogP contribution in [0.4, 0.5) is 5.82 Å². The number of fused-ring (bicyclic) bond motifs is 1. The molecule has 1 aliphatic rings. The summed E-state index contributed by atoms with van der Waals surface area (Å²) in [6.45, 7) is 4.61. The van der Waals surface area contributed by atoms with Gasteiger partial charge >= 0.3 is 0 Å². The molecule has 0 unspecified atom stereocenters. The Hall–Kier alpha value is -3.89. The first kappa shape index (κ1) is 21.0. The lowest BCUT2D eigenvalue weighted by Crippen LogP contribution is -2.27. The van der Waals surface area contributed by atoms with Crippen LogP contribution in [-0.2, 0) is 6.54 Å². The second-order valence-corrected chi connectivity index (χ2v) is 8.23. The normalized spacial score (nSPS) is 18.5. The van der Waals surface area contributed by atoms with Gasteiger partial charge in [-0.3, -0.25) is 4.79 Å². The van der Waals surface area contributed by atoms with E-state index in [1.165, 1.54) is 6.26 Å². The Morgan fingerprint density at radius 1 is 1.21 bits per heavy atom. The summed E-state index contributed by atoms with van der Waals surface area (Å²) in [7, 11) is 0. The van der Waals surface area contributed by atoms with Gasteiger partial charge in [-0.05, 0) is 33.1 Å². The van der Waals surface area contributed by atoms with Crippen LogP contribution < -0.4 is 11.1 Å². The quantitative estimate of drug-likeness (QED) is 0.454. The number of amides is 1. The second kappa shape index (κ2) is 8.57. The molecule has 3 N–H and O–H groups in total. The molecule has 4 heterocycles. The first-order chi connectivity index (χ1) is 16.0. The minimum absolute atomic E-state index is 0.107. The van der Waals surface area contributed by atoms with Crippen LogP contribution in [0.5, 0.6) is 0 Å². The lowest BCUT2D eigenvalue weighted by Gasteiger charge is -2.28. The van der Waals surface area contributed by atoms with Crippen molar-refractivity contribution in [1.29, 1.82) is 0 Å². The van der Waals surface area contributed by atoms with E-state index in [2.05, 4.69) is 37.2 Å². The third-order valence-electron chi connectivity index (χ3n) is 6.03. The molecule has 2 atom stereocenters. The van der Waals surface area contributed by atoms with Gasteiger partial charge in [0.1, 0.15) is 24.2 Å². The van der Waals surface area contributed by atoms with Crippen LogP contribution in [0.1, 0.15) is 60.7 Å². The summed E-state index contributed by atoms with van der Waals surface area (Å²) < 4.78 is 7.57. The van der Waals surface area contributed by atoms with Gasteiger partial charge in [-0.15, -0.1) is 0 Å². The average molecular weight is 448 g/mol. The van der Waals surface area contributed by atoms with Crippen LogP contribution >= 0.6 is 0 Å². The summed E-state index contributed by atoms with van der Waals surface area (Å²) in [4.78, 5) is 38.1. The number of anilines is 1. The van der Waals surface area contributed by atoms with Crippen LogP contribution in [-0.4, -0.2) is 46.4 Å². The monoisotopic (exact) mass is 447 g/mol. The lowest BCUT2D eigenvalue weighted by molar-refractivity contribution is 0.0995. The molecule has 0 radical (unpaired) electrons. The van der Waals surface area contributed by atoms with Gasteiger partial charge in [0.05, 0.1) is 5.56 Å². The van der Waals surface area contributed by atoms with Crippen molar-refractivity contribution in [1.82, 2.24) is 34.5 Å². The number of rotatable bonds is 6. The number of primary amides is 1. The molecule has 0 bridgehead atoms. The Labute approximate surface area is 189 Å². The van der Waals surface area contributed by atoms with E-state index in [1.54, 1.807) is 18.7 Å². The Kier molecular flexibility index (Phi) is 5.45. The van der Waals surface area contributed by atoms with Gasteiger partial charge < -0.3 is 20.0 Å². The van der Waals surface area contributed by atoms with Crippen LogP contribution in [0.25, 0.3) is 22.6 Å². The summed E-state index contributed by atoms with van der Waals surface area (Å²) in [5.74, 6) is 2.24. The third kappa shape index (κ3) is 4.01. The summed E-state index contributed by atoms with van der Waals surface area (Å²) in [5, 5.41) is 3.56. The van der Waals surface area contributed by atoms with Crippen LogP contribution in [0.3, 0.4) is 0 Å². The van der Waals surface area contributed by atoms with Crippen molar-refractivity contribution >= 4 is 22.9 Å². The number of carbonyl (C=O) groups excluding carboxylic acids is 1. The molecule has 1 saturated carbocycles. The van der Waals surface area contributed by atoms with Crippen LogP contribution in [0.15, 0.2) is 29.4 Å². The molecular formula is C22H25N9O2. The standard InChI is InChI=1S/C22H25N9O2/c1-3-31-20(14-8-24-12(2)25-9-14)30-17-19(26-11-27-21(17)31)28-15-6-4-5-13(7-15)22-29-16(10-33-22)18(23)32/h8-11,13,15H,3-7H2,1-2H3,(H2,23,32)(H,26,27,28)/t13-,15-/m1/s1. The molecule has 1 amide bonds. The van der Waals surface area contributed by atoms with E-state index in [1.807, 2.05) is 11.5 Å². The van der Waals surface area contributed by atoms with Gasteiger partial charge in [0.2, 0.25) is 0 Å². The van der Waals surface area contributed by atoms with Gasteiger partial charge in [-0.1, -0.05) is 6.42 Å². The molecule has 0 aromatic carbocycles. The topological polar surface area (TPSA) is 151 Å². The van der Waals surface area contributed by atoms with Crippen LogP contribution in [0.2, 0.25) is 0 Å². The molecular weight excluding hydrogens is 422 g/mol. The molecule has 0 saturated heterocycles. The summed E-state index contributed by atoms with van der Waals surface area (Å²) in [5.41, 5.74) is 7.78. The number of hydrogen-bond acceptors (Lipinski definition) is 9. The van der Waals surface area contributed by atoms with Gasteiger partial charge in [0, 0.05) is 30.9 Å². The molecule has 11 nitrogen and oxygen atoms in total. The zero-order valence-corrected chi connectivity index (χ0v) is 18.5. The van der Waals surface area contributed by atoms with Gasteiger partial charge in [0.15, 0.2) is 28.6 Å². The number of aryl methyl sites for hydroxylation is 2. The average Bonchev–Trinajstić information content (AvgIpc) is 3.46. The maximum absolute atomic E-state index is 11.4. The molecule has 170 valence electrons. The van der Waals surface area contributed by atoms with E-state index in [-0.39, 0.29) is 17.7 Å². The summed E-state index contributed by atoms with van der Waals surface area (Å²) in [6.07, 6.45) is 10.2. The first-order valence-corrected chi connectivity index (χ1v) is 11.1. The molecule has 4 aromatic rings. The van der Waals surface area contributed by atoms with E-state index in [9.17, 15) is 4.79 Å². The van der Waals surface area contributed by atoms with Crippen molar-refractivity contribution in [3.63, 3.8) is 0 Å². The Balaban J connectivity index is 1.42. The number of oxazole rings is 1. The number of nitrogens with zero attached hydrogens (tertiary/aromatic N) is 7. The third-order valence-corrected chi connectivity index (χ3v) is 6.03. The summed E-state index contributed by atoms with van der Waals surface area (Å²) >= 11 is 0. The highest BCUT2D eigenvalue weighted by Crippen LogP contribution is 2.35. The molecule has 1 fully saturated rings. The fourth-order valence-corrected chi connectivity index (χ4v) is 4.40. The van der Waals surface area contributed by atoms with E-state index in [4.69, 9.17) is 15.1 Å². The molecule has 0 spiro atoms. The van der Waals surface area contributed by atoms with Crippen molar-refractivity contribution < 1.29 is 9.21 Å². The van der Waals surface area contributed by atoms with Gasteiger partial charge in [-0.25, -0.2) is 29.9 Å². The molecule has 0 aliphatic heterocycles. The van der Waals surface area contributed by atoms with E-state index in [0.29, 0.717) is 29.6 Å². The smallest absolute Gasteiger partial charge is 0.270 e. The van der Waals surface area contributed by atoms with E-state index in [0.717, 1.165) is 42.7 Å². The highest BCUT2D eigenvalue weighted by molar-refractivity contribution is 5.90. The zero-order chi connectivity index (χ0) is 22.9. The van der Waals surface area contributed by atoms with Crippen molar-refractivity contribution in [2.45, 2.75) is 58.0 Å². The maximum atomic E-state index is 11.4. The fourth-order valence-electron chi connectivity index (χ4n) is 4.40. The van der Waals surface area contributed by atoms with Crippen molar-refractivity contribution in [2.24, 2.45) is 5.73 Å². The fraction of sp³-hybridized carbons (Fsp3) is 0.409. The van der Waals surface area contributed by atoms with E-state index >= 15 is 0 Å². The number of imidazole rings is 1. The van der Waals surface area contributed by atoms with Crippen molar-refractivity contribution in [3.05, 3.63) is 42.4 Å². The predicted molar refractivity (Wildman–Crippen MR) is 120 cm³/mol. The van der Waals surface area contributed by atoms with E-state index < -0.39 is 5.91 Å². The number of nitrogens with one attached hydrogen (secondary N) is 1. The van der Waals surface area contributed by atoms with Crippen molar-refractivity contribution in [3.8, 4) is 11.4 Å². The highest BCUT2D eigenvalue weighted by Gasteiger charge is 2.28. The number of hydrogen-bond donors (Lipinski definition) is 2. The SMILES string of the molecule is CCn1c(-c2cnc(C)nc2)nc2c(N[C@@H]3CCC[C@@H](c4nc(C(N)=O)co4)C3)ncnc21.